The van der Waals surface area contributed by atoms with E-state index in [0.29, 0.717) is 11.6 Å². The van der Waals surface area contributed by atoms with E-state index in [1.54, 1.807) is 43.7 Å². The van der Waals surface area contributed by atoms with Crippen molar-refractivity contribution in [2.75, 3.05) is 18.5 Å². The molecule has 0 aliphatic carbocycles. The first-order valence-electron chi connectivity index (χ1n) is 8.03. The van der Waals surface area contributed by atoms with Gasteiger partial charge in [-0.15, -0.1) is 11.3 Å². The maximum Gasteiger partial charge on any atom is 0.195 e. The van der Waals surface area contributed by atoms with E-state index >= 15 is 0 Å². The Morgan fingerprint density at radius 1 is 1.22 bits per heavy atom. The van der Waals surface area contributed by atoms with Crippen LogP contribution in [0.1, 0.15) is 11.1 Å². The number of hydrogen-bond acceptors (Lipinski definition) is 6. The number of nitrogens with zero attached hydrogens (tertiary/aromatic N) is 2. The van der Waals surface area contributed by atoms with Crippen LogP contribution >= 0.6 is 50.8 Å². The Hall–Kier alpha value is -1.41. The monoisotopic (exact) mass is 484 g/mol. The Balaban J connectivity index is 1.93. The fourth-order valence-corrected chi connectivity index (χ4v) is 4.87. The summed E-state index contributed by atoms with van der Waals surface area (Å²) in [6, 6.07) is 9.84. The molecule has 3 rings (SSSR count). The average molecular weight is 486 g/mol. The highest BCUT2D eigenvalue weighted by Crippen LogP contribution is 2.38. The lowest BCUT2D eigenvalue weighted by atomic mass is 10.2. The van der Waals surface area contributed by atoms with E-state index in [0.717, 1.165) is 37.1 Å². The third kappa shape index (κ3) is 4.90. The molecule has 27 heavy (non-hydrogen) atoms. The predicted octanol–water partition coefficient (Wildman–Crippen LogP) is 6.60. The number of benzene rings is 2. The Kier molecular flexibility index (Phi) is 6.92. The molecule has 1 heterocycles. The van der Waals surface area contributed by atoms with Crippen molar-refractivity contribution in [1.82, 2.24) is 4.98 Å². The Morgan fingerprint density at radius 2 is 2.04 bits per heavy atom. The third-order valence-corrected chi connectivity index (χ3v) is 7.13. The van der Waals surface area contributed by atoms with Crippen molar-refractivity contribution in [3.63, 3.8) is 0 Å². The summed E-state index contributed by atoms with van der Waals surface area (Å²) in [4.78, 5) is 5.56. The van der Waals surface area contributed by atoms with E-state index in [9.17, 15) is 0 Å². The van der Waals surface area contributed by atoms with Gasteiger partial charge >= 0.3 is 0 Å². The first kappa shape index (κ1) is 20.3. The summed E-state index contributed by atoms with van der Waals surface area (Å²) in [6.45, 7) is 2.69. The maximum atomic E-state index is 6.31. The second-order valence-corrected chi connectivity index (χ2v) is 8.85. The SMILES string of the molecule is COc1ccc(CN(Sc2cc(Cl)c(Br)cc2C)c2nccs2)c(OC)c1. The molecule has 8 heteroatoms. The van der Waals surface area contributed by atoms with Crippen LogP contribution in [0, 0.1) is 6.92 Å². The normalized spacial score (nSPS) is 10.7. The first-order valence-corrected chi connectivity index (χ1v) is 10.9. The topological polar surface area (TPSA) is 34.6 Å². The molecule has 1 aromatic heterocycles. The summed E-state index contributed by atoms with van der Waals surface area (Å²) in [7, 11) is 3.31. The van der Waals surface area contributed by atoms with Crippen LogP contribution in [0.15, 0.2) is 51.3 Å². The lowest BCUT2D eigenvalue weighted by Gasteiger charge is -2.23. The molecule has 142 valence electrons. The van der Waals surface area contributed by atoms with Crippen molar-refractivity contribution >= 4 is 55.9 Å². The first-order chi connectivity index (χ1) is 13.0. The van der Waals surface area contributed by atoms with Crippen molar-refractivity contribution in [3.8, 4) is 11.5 Å². The van der Waals surface area contributed by atoms with Crippen molar-refractivity contribution < 1.29 is 9.47 Å². The van der Waals surface area contributed by atoms with Gasteiger partial charge in [0.25, 0.3) is 0 Å². The molecule has 0 aliphatic heterocycles. The fraction of sp³-hybridized carbons (Fsp3) is 0.211. The van der Waals surface area contributed by atoms with E-state index in [1.807, 2.05) is 35.7 Å². The number of ether oxygens (including phenoxy) is 2. The minimum absolute atomic E-state index is 0.623. The molecular formula is C19H18BrClN2O2S2. The Morgan fingerprint density at radius 3 is 2.70 bits per heavy atom. The van der Waals surface area contributed by atoms with Crippen LogP contribution in [0.25, 0.3) is 0 Å². The summed E-state index contributed by atoms with van der Waals surface area (Å²) < 4.78 is 13.9. The zero-order valence-electron chi connectivity index (χ0n) is 15.0. The molecule has 0 unspecified atom stereocenters. The standard InChI is InChI=1S/C19H18BrClN2O2S2/c1-12-8-15(20)16(21)10-18(12)27-23(19-22-6-7-26-19)11-13-4-5-14(24-2)9-17(13)25-3/h4-10H,11H2,1-3H3. The number of aromatic nitrogens is 1. The highest BCUT2D eigenvalue weighted by atomic mass is 79.9. The van der Waals surface area contributed by atoms with Crippen LogP contribution in [0.4, 0.5) is 5.13 Å². The summed E-state index contributed by atoms with van der Waals surface area (Å²) in [5, 5.41) is 3.57. The van der Waals surface area contributed by atoms with Crippen LogP contribution in [0.3, 0.4) is 0 Å². The third-order valence-electron chi connectivity index (χ3n) is 3.87. The molecule has 0 spiro atoms. The largest absolute Gasteiger partial charge is 0.497 e. The van der Waals surface area contributed by atoms with Gasteiger partial charge in [-0.3, -0.25) is 4.31 Å². The van der Waals surface area contributed by atoms with Crippen LogP contribution in [-0.4, -0.2) is 19.2 Å². The van der Waals surface area contributed by atoms with Gasteiger partial charge in [-0.2, -0.15) is 0 Å². The predicted molar refractivity (Wildman–Crippen MR) is 118 cm³/mol. The van der Waals surface area contributed by atoms with Crippen molar-refractivity contribution in [2.24, 2.45) is 0 Å². The van der Waals surface area contributed by atoms with Gasteiger partial charge in [-0.25, -0.2) is 4.98 Å². The molecule has 0 bridgehead atoms. The summed E-state index contributed by atoms with van der Waals surface area (Å²) in [5.74, 6) is 1.54. The van der Waals surface area contributed by atoms with Gasteiger partial charge in [-0.05, 0) is 64.6 Å². The fourth-order valence-electron chi connectivity index (χ4n) is 2.46. The van der Waals surface area contributed by atoms with Gasteiger partial charge in [0.05, 0.1) is 25.8 Å². The van der Waals surface area contributed by atoms with Crippen LogP contribution in [0.5, 0.6) is 11.5 Å². The molecule has 2 aromatic carbocycles. The molecular weight excluding hydrogens is 468 g/mol. The lowest BCUT2D eigenvalue weighted by molar-refractivity contribution is 0.391. The second-order valence-electron chi connectivity index (χ2n) is 5.65. The van der Waals surface area contributed by atoms with E-state index in [4.69, 9.17) is 21.1 Å². The molecule has 0 atom stereocenters. The molecule has 0 radical (unpaired) electrons. The zero-order chi connectivity index (χ0) is 19.4. The number of aryl methyl sites for hydroxylation is 1. The number of hydrogen-bond donors (Lipinski definition) is 0. The van der Waals surface area contributed by atoms with Gasteiger partial charge in [0, 0.05) is 32.6 Å². The second kappa shape index (κ2) is 9.19. The van der Waals surface area contributed by atoms with Gasteiger partial charge in [0.2, 0.25) is 0 Å². The van der Waals surface area contributed by atoms with Gasteiger partial charge in [-0.1, -0.05) is 11.6 Å². The Bertz CT molecular complexity index is 922. The summed E-state index contributed by atoms with van der Waals surface area (Å²) in [6.07, 6.45) is 1.81. The average Bonchev–Trinajstić information content (AvgIpc) is 3.20. The number of rotatable bonds is 7. The van der Waals surface area contributed by atoms with Crippen molar-refractivity contribution in [3.05, 3.63) is 62.5 Å². The quantitative estimate of drug-likeness (QED) is 0.352. The summed E-state index contributed by atoms with van der Waals surface area (Å²) >= 11 is 13.0. The van der Waals surface area contributed by atoms with Crippen molar-refractivity contribution in [1.29, 1.82) is 0 Å². The number of anilines is 1. The minimum atomic E-state index is 0.623. The van der Waals surface area contributed by atoms with E-state index in [1.165, 1.54) is 0 Å². The molecule has 0 saturated heterocycles. The number of methoxy groups -OCH3 is 2. The smallest absolute Gasteiger partial charge is 0.195 e. The number of halogens is 2. The van der Waals surface area contributed by atoms with Gasteiger partial charge in [0.1, 0.15) is 11.5 Å². The zero-order valence-corrected chi connectivity index (χ0v) is 19.0. The lowest BCUT2D eigenvalue weighted by Crippen LogP contribution is -2.14. The minimum Gasteiger partial charge on any atom is -0.497 e. The van der Waals surface area contributed by atoms with Crippen molar-refractivity contribution in [2.45, 2.75) is 18.4 Å². The van der Waals surface area contributed by atoms with E-state index < -0.39 is 0 Å². The molecule has 3 aromatic rings. The molecule has 0 amide bonds. The maximum absolute atomic E-state index is 6.31. The van der Waals surface area contributed by atoms with Gasteiger partial charge in [0.15, 0.2) is 5.13 Å². The van der Waals surface area contributed by atoms with Crippen LogP contribution in [0.2, 0.25) is 5.02 Å². The summed E-state index contributed by atoms with van der Waals surface area (Å²) in [5.41, 5.74) is 2.18. The van der Waals surface area contributed by atoms with E-state index in [-0.39, 0.29) is 0 Å². The Labute approximate surface area is 180 Å². The highest BCUT2D eigenvalue weighted by Gasteiger charge is 2.17. The van der Waals surface area contributed by atoms with Gasteiger partial charge < -0.3 is 9.47 Å². The molecule has 4 nitrogen and oxygen atoms in total. The van der Waals surface area contributed by atoms with E-state index in [2.05, 4.69) is 32.1 Å². The number of thiazole rings is 1. The molecule has 0 N–H and O–H groups in total. The molecule has 0 aliphatic rings. The highest BCUT2D eigenvalue weighted by molar-refractivity contribution is 9.10. The molecule has 0 saturated carbocycles. The van der Waals surface area contributed by atoms with Crippen LogP contribution < -0.4 is 13.8 Å². The molecule has 0 fully saturated rings. The van der Waals surface area contributed by atoms with Crippen LogP contribution in [-0.2, 0) is 6.54 Å².